The van der Waals surface area contributed by atoms with Crippen LogP contribution in [0, 0.1) is 0 Å². The largest absolute Gasteiger partial charge is 0.294 e. The Hall–Kier alpha value is -1.77. The summed E-state index contributed by atoms with van der Waals surface area (Å²) in [7, 11) is 0. The second kappa shape index (κ2) is 9.07. The zero-order chi connectivity index (χ0) is 17.5. The number of ketones is 1. The van der Waals surface area contributed by atoms with Gasteiger partial charge in [-0.1, -0.05) is 66.2 Å². The lowest BCUT2D eigenvalue weighted by molar-refractivity contribution is 0.0982. The second-order valence-electron chi connectivity index (χ2n) is 6.06. The zero-order valence-electron chi connectivity index (χ0n) is 14.1. The van der Waals surface area contributed by atoms with Crippen LogP contribution in [0.4, 0.5) is 0 Å². The first-order chi connectivity index (χ1) is 12.2. The maximum atomic E-state index is 12.3. The minimum Gasteiger partial charge on any atom is -0.294 e. The molecule has 0 aromatic heterocycles. The number of hydrogen-bond donors (Lipinski definition) is 0. The molecule has 0 heterocycles. The maximum absolute atomic E-state index is 12.3. The van der Waals surface area contributed by atoms with Crippen molar-refractivity contribution in [1.82, 2.24) is 0 Å². The van der Waals surface area contributed by atoms with Crippen LogP contribution in [-0.2, 0) is 0 Å². The molecular formula is C22H21ClOS. The molecule has 1 aliphatic carbocycles. The third-order valence-electron chi connectivity index (χ3n) is 4.20. The maximum Gasteiger partial charge on any atom is 0.162 e. The first-order valence-corrected chi connectivity index (χ1v) is 9.96. The van der Waals surface area contributed by atoms with Crippen LogP contribution >= 0.6 is 23.4 Å². The number of carbonyl (C=O) groups excluding carboxylic acids is 1. The Balaban J connectivity index is 1.49. The third-order valence-corrected chi connectivity index (χ3v) is 5.65. The number of benzene rings is 2. The molecule has 0 unspecified atom stereocenters. The van der Waals surface area contributed by atoms with Crippen LogP contribution in [-0.4, -0.2) is 11.5 Å². The SMILES string of the molecule is O=C(CCCSC1=CC=CCC1)c1ccc(-c2ccc(Cl)cc2)cc1. The van der Waals surface area contributed by atoms with Crippen LogP contribution in [0.25, 0.3) is 11.1 Å². The van der Waals surface area contributed by atoms with Crippen molar-refractivity contribution < 1.29 is 4.79 Å². The molecule has 0 fully saturated rings. The number of allylic oxidation sites excluding steroid dienone is 4. The van der Waals surface area contributed by atoms with Crippen molar-refractivity contribution in [1.29, 1.82) is 0 Å². The van der Waals surface area contributed by atoms with Crippen LogP contribution < -0.4 is 0 Å². The van der Waals surface area contributed by atoms with E-state index in [0.717, 1.165) is 46.7 Å². The molecule has 0 N–H and O–H groups in total. The standard InChI is InChI=1S/C22H21ClOS/c23-20-14-12-18(13-15-20)17-8-10-19(11-9-17)22(24)7-4-16-25-21-5-2-1-3-6-21/h1-2,5,8-15H,3-4,6-7,16H2. The van der Waals surface area contributed by atoms with Gasteiger partial charge in [0.15, 0.2) is 5.78 Å². The third kappa shape index (κ3) is 5.35. The molecular weight excluding hydrogens is 348 g/mol. The number of thioether (sulfide) groups is 1. The highest BCUT2D eigenvalue weighted by Crippen LogP contribution is 2.26. The summed E-state index contributed by atoms with van der Waals surface area (Å²) in [5.74, 6) is 1.23. The molecule has 2 aromatic carbocycles. The van der Waals surface area contributed by atoms with Crippen LogP contribution in [0.2, 0.25) is 5.02 Å². The average molecular weight is 369 g/mol. The Bertz CT molecular complexity index is 773. The lowest BCUT2D eigenvalue weighted by atomic mass is 10.0. The summed E-state index contributed by atoms with van der Waals surface area (Å²) in [5, 5.41) is 0.730. The molecule has 25 heavy (non-hydrogen) atoms. The van der Waals surface area contributed by atoms with E-state index in [1.165, 1.54) is 4.91 Å². The smallest absolute Gasteiger partial charge is 0.162 e. The van der Waals surface area contributed by atoms with Gasteiger partial charge in [-0.3, -0.25) is 4.79 Å². The fourth-order valence-electron chi connectivity index (χ4n) is 2.77. The molecule has 0 saturated heterocycles. The average Bonchev–Trinajstić information content (AvgIpc) is 2.67. The molecule has 0 atom stereocenters. The number of hydrogen-bond acceptors (Lipinski definition) is 2. The van der Waals surface area contributed by atoms with Crippen LogP contribution in [0.1, 0.15) is 36.0 Å². The Labute approximate surface area is 158 Å². The second-order valence-corrected chi connectivity index (χ2v) is 7.72. The minimum atomic E-state index is 0.223. The van der Waals surface area contributed by atoms with E-state index in [1.54, 1.807) is 0 Å². The first-order valence-electron chi connectivity index (χ1n) is 8.60. The van der Waals surface area contributed by atoms with E-state index in [9.17, 15) is 4.79 Å². The molecule has 0 spiro atoms. The molecule has 1 nitrogen and oxygen atoms in total. The summed E-state index contributed by atoms with van der Waals surface area (Å²) in [6.45, 7) is 0. The summed E-state index contributed by atoms with van der Waals surface area (Å²) in [6.07, 6.45) is 10.3. The van der Waals surface area contributed by atoms with Gasteiger partial charge in [0.1, 0.15) is 0 Å². The number of carbonyl (C=O) groups is 1. The quantitative estimate of drug-likeness (QED) is 0.389. The predicted molar refractivity (Wildman–Crippen MR) is 109 cm³/mol. The van der Waals surface area contributed by atoms with Gasteiger partial charge < -0.3 is 0 Å². The molecule has 1 aliphatic rings. The highest BCUT2D eigenvalue weighted by atomic mass is 35.5. The Kier molecular flexibility index (Phi) is 6.55. The Morgan fingerprint density at radius 3 is 2.32 bits per heavy atom. The monoisotopic (exact) mass is 368 g/mol. The van der Waals surface area contributed by atoms with E-state index in [2.05, 4.69) is 18.2 Å². The van der Waals surface area contributed by atoms with Crippen molar-refractivity contribution in [3.05, 3.63) is 82.3 Å². The molecule has 3 rings (SSSR count). The number of Topliss-reactive ketones (excluding diaryl/α,β-unsaturated/α-hetero) is 1. The lowest BCUT2D eigenvalue weighted by Gasteiger charge is -2.08. The summed E-state index contributed by atoms with van der Waals surface area (Å²) < 4.78 is 0. The Morgan fingerprint density at radius 2 is 1.68 bits per heavy atom. The summed E-state index contributed by atoms with van der Waals surface area (Å²) >= 11 is 7.81. The normalized spacial score (nSPS) is 13.6. The topological polar surface area (TPSA) is 17.1 Å². The molecule has 0 amide bonds. The van der Waals surface area contributed by atoms with Crippen molar-refractivity contribution in [2.45, 2.75) is 25.7 Å². The van der Waals surface area contributed by atoms with Crippen molar-refractivity contribution in [2.75, 3.05) is 5.75 Å². The van der Waals surface area contributed by atoms with Crippen LogP contribution in [0.5, 0.6) is 0 Å². The number of rotatable bonds is 7. The highest BCUT2D eigenvalue weighted by molar-refractivity contribution is 8.03. The van der Waals surface area contributed by atoms with Gasteiger partial charge >= 0.3 is 0 Å². The molecule has 0 saturated carbocycles. The van der Waals surface area contributed by atoms with Gasteiger partial charge in [-0.25, -0.2) is 0 Å². The van der Waals surface area contributed by atoms with E-state index < -0.39 is 0 Å². The fourth-order valence-corrected chi connectivity index (χ4v) is 3.89. The van der Waals surface area contributed by atoms with Gasteiger partial charge in [-0.05, 0) is 53.2 Å². The van der Waals surface area contributed by atoms with Crippen molar-refractivity contribution in [2.24, 2.45) is 0 Å². The van der Waals surface area contributed by atoms with Crippen molar-refractivity contribution in [3.8, 4) is 11.1 Å². The van der Waals surface area contributed by atoms with E-state index in [-0.39, 0.29) is 5.78 Å². The molecule has 2 aromatic rings. The summed E-state index contributed by atoms with van der Waals surface area (Å²) in [6, 6.07) is 15.6. The first kappa shape index (κ1) is 18.0. The van der Waals surface area contributed by atoms with E-state index in [0.29, 0.717) is 6.42 Å². The van der Waals surface area contributed by atoms with Crippen molar-refractivity contribution in [3.63, 3.8) is 0 Å². The van der Waals surface area contributed by atoms with Gasteiger partial charge in [-0.2, -0.15) is 0 Å². The van der Waals surface area contributed by atoms with E-state index in [1.807, 2.05) is 60.3 Å². The molecule has 3 heteroatoms. The van der Waals surface area contributed by atoms with Gasteiger partial charge in [0, 0.05) is 17.0 Å². The predicted octanol–water partition coefficient (Wildman–Crippen LogP) is 6.94. The van der Waals surface area contributed by atoms with E-state index >= 15 is 0 Å². The lowest BCUT2D eigenvalue weighted by Crippen LogP contribution is -1.99. The molecule has 0 bridgehead atoms. The van der Waals surface area contributed by atoms with E-state index in [4.69, 9.17) is 11.6 Å². The van der Waals surface area contributed by atoms with Gasteiger partial charge in [0.2, 0.25) is 0 Å². The van der Waals surface area contributed by atoms with Crippen molar-refractivity contribution >= 4 is 29.1 Å². The van der Waals surface area contributed by atoms with Crippen LogP contribution in [0.3, 0.4) is 0 Å². The highest BCUT2D eigenvalue weighted by Gasteiger charge is 2.07. The Morgan fingerprint density at radius 1 is 1.00 bits per heavy atom. The number of halogens is 1. The van der Waals surface area contributed by atoms with Gasteiger partial charge in [0.05, 0.1) is 0 Å². The van der Waals surface area contributed by atoms with Crippen LogP contribution in [0.15, 0.2) is 71.7 Å². The summed E-state index contributed by atoms with van der Waals surface area (Å²) in [5.41, 5.74) is 3.00. The zero-order valence-corrected chi connectivity index (χ0v) is 15.7. The fraction of sp³-hybridized carbons (Fsp3) is 0.227. The minimum absolute atomic E-state index is 0.223. The molecule has 0 aliphatic heterocycles. The molecule has 128 valence electrons. The molecule has 0 radical (unpaired) electrons. The van der Waals surface area contributed by atoms with Gasteiger partial charge in [0.25, 0.3) is 0 Å². The summed E-state index contributed by atoms with van der Waals surface area (Å²) in [4.78, 5) is 13.8. The van der Waals surface area contributed by atoms with Gasteiger partial charge in [-0.15, -0.1) is 11.8 Å².